The highest BCUT2D eigenvalue weighted by atomic mass is 14.3. The molecule has 42 heavy (non-hydrogen) atoms. The normalized spacial score (nSPS) is 11.2. The molecule has 200 valence electrons. The molecule has 0 amide bonds. The summed E-state index contributed by atoms with van der Waals surface area (Å²) in [6.07, 6.45) is 2.04. The van der Waals surface area contributed by atoms with Gasteiger partial charge in [0.2, 0.25) is 0 Å². The van der Waals surface area contributed by atoms with Crippen molar-refractivity contribution in [3.8, 4) is 50.6 Å². The highest BCUT2D eigenvalue weighted by molar-refractivity contribution is 5.98. The molecule has 0 bridgehead atoms. The lowest BCUT2D eigenvalue weighted by Crippen LogP contribution is -1.92. The van der Waals surface area contributed by atoms with Crippen LogP contribution in [0.15, 0.2) is 146 Å². The maximum atomic E-state index is 10.6. The van der Waals surface area contributed by atoms with Crippen LogP contribution in [0.2, 0.25) is 0 Å². The van der Waals surface area contributed by atoms with E-state index in [0.29, 0.717) is 5.57 Å². The van der Waals surface area contributed by atoms with Gasteiger partial charge in [-0.3, -0.25) is 0 Å². The Morgan fingerprint density at radius 3 is 1.45 bits per heavy atom. The standard InChI is InChI=1S/C41H31N/c1-29-13-17-33(18-14-29)40-26-35(31-9-5-3-6-10-31)21-22-37(40)25-38(28-42)39-24-23-36(32-11-7-4-8-12-32)27-41(39)34-19-15-30(2)16-20-34/h3-27H,1-2H3. The van der Waals surface area contributed by atoms with Gasteiger partial charge in [-0.2, -0.15) is 5.26 Å². The van der Waals surface area contributed by atoms with Crippen molar-refractivity contribution in [1.29, 1.82) is 5.26 Å². The molecular weight excluding hydrogens is 506 g/mol. The average Bonchev–Trinajstić information content (AvgIpc) is 3.05. The second-order valence-electron chi connectivity index (χ2n) is 10.7. The van der Waals surface area contributed by atoms with Crippen molar-refractivity contribution in [2.75, 3.05) is 0 Å². The summed E-state index contributed by atoms with van der Waals surface area (Å²) in [5.41, 5.74) is 13.9. The molecular formula is C41H31N. The van der Waals surface area contributed by atoms with E-state index in [-0.39, 0.29) is 0 Å². The molecule has 6 aromatic rings. The maximum absolute atomic E-state index is 10.6. The molecule has 0 saturated carbocycles. The van der Waals surface area contributed by atoms with Gasteiger partial charge in [0, 0.05) is 5.56 Å². The number of aryl methyl sites for hydroxylation is 2. The van der Waals surface area contributed by atoms with Crippen molar-refractivity contribution < 1.29 is 0 Å². The molecule has 0 saturated heterocycles. The minimum Gasteiger partial charge on any atom is -0.192 e. The molecule has 0 unspecified atom stereocenters. The van der Waals surface area contributed by atoms with E-state index < -0.39 is 0 Å². The second kappa shape index (κ2) is 12.0. The zero-order valence-electron chi connectivity index (χ0n) is 23.9. The van der Waals surface area contributed by atoms with Crippen LogP contribution in [0.25, 0.3) is 56.2 Å². The minimum atomic E-state index is 0.631. The van der Waals surface area contributed by atoms with Gasteiger partial charge < -0.3 is 0 Å². The van der Waals surface area contributed by atoms with Crippen molar-refractivity contribution in [2.24, 2.45) is 0 Å². The topological polar surface area (TPSA) is 23.8 Å². The van der Waals surface area contributed by atoms with E-state index in [4.69, 9.17) is 0 Å². The first-order valence-electron chi connectivity index (χ1n) is 14.2. The third-order valence-corrected chi connectivity index (χ3v) is 7.72. The fourth-order valence-corrected chi connectivity index (χ4v) is 5.36. The lowest BCUT2D eigenvalue weighted by Gasteiger charge is -2.14. The maximum Gasteiger partial charge on any atom is 0.0998 e. The lowest BCUT2D eigenvalue weighted by molar-refractivity contribution is 1.46. The van der Waals surface area contributed by atoms with Gasteiger partial charge in [0.05, 0.1) is 11.6 Å². The number of rotatable bonds is 6. The van der Waals surface area contributed by atoms with Gasteiger partial charge >= 0.3 is 0 Å². The summed E-state index contributed by atoms with van der Waals surface area (Å²) < 4.78 is 0. The molecule has 1 nitrogen and oxygen atoms in total. The van der Waals surface area contributed by atoms with Crippen LogP contribution in [-0.4, -0.2) is 0 Å². The minimum absolute atomic E-state index is 0.631. The van der Waals surface area contributed by atoms with Gasteiger partial charge in [0.25, 0.3) is 0 Å². The summed E-state index contributed by atoms with van der Waals surface area (Å²) in [5.74, 6) is 0. The van der Waals surface area contributed by atoms with E-state index in [2.05, 4.69) is 153 Å². The zero-order chi connectivity index (χ0) is 28.9. The Bertz CT molecular complexity index is 1910. The summed E-state index contributed by atoms with van der Waals surface area (Å²) in [6, 6.07) is 53.4. The highest BCUT2D eigenvalue weighted by Gasteiger charge is 2.14. The number of hydrogen-bond donors (Lipinski definition) is 0. The predicted octanol–water partition coefficient (Wildman–Crippen LogP) is 11.0. The van der Waals surface area contributed by atoms with Gasteiger partial charge in [0.1, 0.15) is 0 Å². The van der Waals surface area contributed by atoms with Gasteiger partial charge in [0.15, 0.2) is 0 Å². The summed E-state index contributed by atoms with van der Waals surface area (Å²) in [7, 11) is 0. The number of nitriles is 1. The van der Waals surface area contributed by atoms with Crippen molar-refractivity contribution in [2.45, 2.75) is 13.8 Å². The third kappa shape index (κ3) is 5.71. The average molecular weight is 538 g/mol. The smallest absolute Gasteiger partial charge is 0.0998 e. The van der Waals surface area contributed by atoms with Crippen LogP contribution in [0.4, 0.5) is 0 Å². The SMILES string of the molecule is Cc1ccc(-c2cc(-c3ccccc3)ccc2C=C(C#N)c2ccc(-c3ccccc3)cc2-c2ccc(C)cc2)cc1. The van der Waals surface area contributed by atoms with Crippen LogP contribution in [-0.2, 0) is 0 Å². The Labute approximate surface area is 248 Å². The molecule has 0 fully saturated rings. The molecule has 0 atom stereocenters. The summed E-state index contributed by atoms with van der Waals surface area (Å²) in [6.45, 7) is 4.20. The van der Waals surface area contributed by atoms with E-state index in [9.17, 15) is 5.26 Å². The molecule has 0 heterocycles. The molecule has 6 aromatic carbocycles. The number of allylic oxidation sites excluding steroid dienone is 1. The Balaban J connectivity index is 1.53. The first-order chi connectivity index (χ1) is 20.6. The Kier molecular flexibility index (Phi) is 7.62. The molecule has 0 spiro atoms. The zero-order valence-corrected chi connectivity index (χ0v) is 23.9. The lowest BCUT2D eigenvalue weighted by atomic mass is 9.88. The van der Waals surface area contributed by atoms with Crippen molar-refractivity contribution in [3.05, 3.63) is 168 Å². The van der Waals surface area contributed by atoms with Gasteiger partial charge in [-0.15, -0.1) is 0 Å². The van der Waals surface area contributed by atoms with E-state index in [1.165, 1.54) is 16.7 Å². The molecule has 1 heteroatoms. The third-order valence-electron chi connectivity index (χ3n) is 7.72. The fraction of sp³-hybridized carbons (Fsp3) is 0.0488. The Morgan fingerprint density at radius 1 is 0.476 bits per heavy atom. The summed E-state index contributed by atoms with van der Waals surface area (Å²) in [5, 5.41) is 10.6. The van der Waals surface area contributed by atoms with E-state index >= 15 is 0 Å². The van der Waals surface area contributed by atoms with E-state index in [0.717, 1.165) is 50.1 Å². The van der Waals surface area contributed by atoms with Crippen LogP contribution in [0.1, 0.15) is 22.3 Å². The van der Waals surface area contributed by atoms with Crippen LogP contribution >= 0.6 is 0 Å². The predicted molar refractivity (Wildman–Crippen MR) is 178 cm³/mol. The molecule has 0 aliphatic rings. The fourth-order valence-electron chi connectivity index (χ4n) is 5.36. The Hall–Kier alpha value is -5.45. The van der Waals surface area contributed by atoms with Crippen LogP contribution in [0.3, 0.4) is 0 Å². The van der Waals surface area contributed by atoms with E-state index in [1.807, 2.05) is 18.2 Å². The molecule has 0 aromatic heterocycles. The highest BCUT2D eigenvalue weighted by Crippen LogP contribution is 2.37. The van der Waals surface area contributed by atoms with Crippen LogP contribution in [0.5, 0.6) is 0 Å². The summed E-state index contributed by atoms with van der Waals surface area (Å²) >= 11 is 0. The molecule has 0 N–H and O–H groups in total. The van der Waals surface area contributed by atoms with Gasteiger partial charge in [-0.1, -0.05) is 145 Å². The molecule has 0 radical (unpaired) electrons. The van der Waals surface area contributed by atoms with Crippen LogP contribution in [0, 0.1) is 25.2 Å². The van der Waals surface area contributed by atoms with Crippen molar-refractivity contribution in [1.82, 2.24) is 0 Å². The largest absolute Gasteiger partial charge is 0.192 e. The van der Waals surface area contributed by atoms with Gasteiger partial charge in [-0.25, -0.2) is 0 Å². The van der Waals surface area contributed by atoms with Gasteiger partial charge in [-0.05, 0) is 82.1 Å². The molecule has 0 aliphatic carbocycles. The second-order valence-corrected chi connectivity index (χ2v) is 10.7. The number of benzene rings is 6. The number of nitrogens with zero attached hydrogens (tertiary/aromatic N) is 1. The quantitative estimate of drug-likeness (QED) is 0.153. The Morgan fingerprint density at radius 2 is 0.929 bits per heavy atom. The molecule has 6 rings (SSSR count). The monoisotopic (exact) mass is 537 g/mol. The van der Waals surface area contributed by atoms with Crippen molar-refractivity contribution >= 4 is 11.6 Å². The van der Waals surface area contributed by atoms with Crippen molar-refractivity contribution in [3.63, 3.8) is 0 Å². The molecule has 0 aliphatic heterocycles. The number of hydrogen-bond acceptors (Lipinski definition) is 1. The first kappa shape index (κ1) is 26.8. The van der Waals surface area contributed by atoms with Crippen LogP contribution < -0.4 is 0 Å². The van der Waals surface area contributed by atoms with E-state index in [1.54, 1.807) is 0 Å². The summed E-state index contributed by atoms with van der Waals surface area (Å²) in [4.78, 5) is 0. The first-order valence-corrected chi connectivity index (χ1v) is 14.2.